The van der Waals surface area contributed by atoms with Crippen molar-refractivity contribution in [2.75, 3.05) is 5.32 Å². The minimum absolute atomic E-state index is 0.209. The third-order valence-electron chi connectivity index (χ3n) is 3.89. The average Bonchev–Trinajstić information content (AvgIpc) is 2.55. The zero-order valence-electron chi connectivity index (χ0n) is 9.05. The Hall–Kier alpha value is -0.830. The van der Waals surface area contributed by atoms with Gasteiger partial charge in [-0.3, -0.25) is 4.79 Å². The maximum Gasteiger partial charge on any atom is 0.235 e. The lowest BCUT2D eigenvalue weighted by Gasteiger charge is -2.31. The predicted molar refractivity (Wildman–Crippen MR) is 67.5 cm³/mol. The van der Waals surface area contributed by atoms with Crippen LogP contribution in [0.4, 0.5) is 5.69 Å². The summed E-state index contributed by atoms with van der Waals surface area (Å²) < 4.78 is 1.06. The van der Waals surface area contributed by atoms with Gasteiger partial charge in [-0.1, -0.05) is 35.2 Å². The van der Waals surface area contributed by atoms with E-state index >= 15 is 0 Å². The van der Waals surface area contributed by atoms with Gasteiger partial charge >= 0.3 is 0 Å². The van der Waals surface area contributed by atoms with Crippen LogP contribution >= 0.6 is 15.9 Å². The Kier molecular flexibility index (Phi) is 2.32. The van der Waals surface area contributed by atoms with Gasteiger partial charge in [-0.2, -0.15) is 0 Å². The van der Waals surface area contributed by atoms with E-state index < -0.39 is 0 Å². The number of amides is 1. The fourth-order valence-corrected chi connectivity index (χ4v) is 3.40. The Bertz CT molecular complexity index is 449. The molecule has 1 heterocycles. The molecule has 1 amide bonds. The summed E-state index contributed by atoms with van der Waals surface area (Å²) >= 11 is 3.50. The zero-order valence-corrected chi connectivity index (χ0v) is 10.6. The smallest absolute Gasteiger partial charge is 0.235 e. The van der Waals surface area contributed by atoms with E-state index in [0.717, 1.165) is 23.0 Å². The maximum atomic E-state index is 12.2. The summed E-state index contributed by atoms with van der Waals surface area (Å²) in [7, 11) is 0. The molecular formula is C13H14BrNO. The van der Waals surface area contributed by atoms with Crippen molar-refractivity contribution in [2.24, 2.45) is 0 Å². The van der Waals surface area contributed by atoms with Crippen molar-refractivity contribution in [3.63, 3.8) is 0 Å². The number of fused-ring (bicyclic) bond motifs is 2. The van der Waals surface area contributed by atoms with E-state index in [2.05, 4.69) is 27.3 Å². The highest BCUT2D eigenvalue weighted by Gasteiger charge is 2.46. The van der Waals surface area contributed by atoms with Crippen molar-refractivity contribution in [1.29, 1.82) is 0 Å². The topological polar surface area (TPSA) is 29.1 Å². The summed E-state index contributed by atoms with van der Waals surface area (Å²) in [5.74, 6) is 0.209. The van der Waals surface area contributed by atoms with Gasteiger partial charge < -0.3 is 5.32 Å². The molecule has 0 atom stereocenters. The van der Waals surface area contributed by atoms with Gasteiger partial charge in [-0.15, -0.1) is 0 Å². The van der Waals surface area contributed by atoms with Crippen LogP contribution in [0.2, 0.25) is 0 Å². The first-order valence-electron chi connectivity index (χ1n) is 5.84. The van der Waals surface area contributed by atoms with E-state index in [4.69, 9.17) is 0 Å². The van der Waals surface area contributed by atoms with Gasteiger partial charge in [0.05, 0.1) is 5.41 Å². The molecule has 2 nitrogen and oxygen atoms in total. The molecule has 84 valence electrons. The van der Waals surface area contributed by atoms with E-state index in [1.807, 2.05) is 12.1 Å². The van der Waals surface area contributed by atoms with Crippen LogP contribution < -0.4 is 5.32 Å². The number of hydrogen-bond acceptors (Lipinski definition) is 1. The molecule has 1 aliphatic heterocycles. The second kappa shape index (κ2) is 3.59. The first-order valence-corrected chi connectivity index (χ1v) is 6.63. The average molecular weight is 280 g/mol. The molecule has 1 fully saturated rings. The Morgan fingerprint density at radius 2 is 1.94 bits per heavy atom. The highest BCUT2D eigenvalue weighted by atomic mass is 79.9. The standard InChI is InChI=1S/C13H14BrNO/c14-9-4-5-11-10(8-9)13(12(16)15-11)6-2-1-3-7-13/h4-5,8H,1-3,6-7H2,(H,15,16). The lowest BCUT2D eigenvalue weighted by Crippen LogP contribution is -2.36. The van der Waals surface area contributed by atoms with E-state index in [1.54, 1.807) is 0 Å². The summed E-state index contributed by atoms with van der Waals surface area (Å²) in [6.45, 7) is 0. The molecule has 1 N–H and O–H groups in total. The lowest BCUT2D eigenvalue weighted by atomic mass is 9.70. The number of halogens is 1. The van der Waals surface area contributed by atoms with Crippen molar-refractivity contribution in [2.45, 2.75) is 37.5 Å². The van der Waals surface area contributed by atoms with Gasteiger partial charge in [0.2, 0.25) is 5.91 Å². The predicted octanol–water partition coefficient (Wildman–Crippen LogP) is 3.60. The van der Waals surface area contributed by atoms with Crippen LogP contribution in [0.1, 0.15) is 37.7 Å². The van der Waals surface area contributed by atoms with Crippen molar-refractivity contribution >= 4 is 27.5 Å². The fourth-order valence-electron chi connectivity index (χ4n) is 3.04. The number of carbonyl (C=O) groups is 1. The molecule has 0 bridgehead atoms. The van der Waals surface area contributed by atoms with Crippen LogP contribution in [0.15, 0.2) is 22.7 Å². The van der Waals surface area contributed by atoms with Crippen LogP contribution in [-0.4, -0.2) is 5.91 Å². The van der Waals surface area contributed by atoms with Crippen molar-refractivity contribution in [3.8, 4) is 0 Å². The maximum absolute atomic E-state index is 12.2. The van der Waals surface area contributed by atoms with E-state index in [1.165, 1.54) is 24.8 Å². The molecule has 1 aromatic rings. The number of anilines is 1. The first-order chi connectivity index (χ1) is 7.72. The summed E-state index contributed by atoms with van der Waals surface area (Å²) in [4.78, 5) is 12.2. The quantitative estimate of drug-likeness (QED) is 0.773. The van der Waals surface area contributed by atoms with Crippen LogP contribution in [0, 0.1) is 0 Å². The van der Waals surface area contributed by atoms with Gasteiger partial charge in [0.25, 0.3) is 0 Å². The molecular weight excluding hydrogens is 266 g/mol. The highest BCUT2D eigenvalue weighted by molar-refractivity contribution is 9.10. The van der Waals surface area contributed by atoms with Gasteiger partial charge in [-0.05, 0) is 36.6 Å². The number of benzene rings is 1. The Labute approximate surface area is 104 Å². The van der Waals surface area contributed by atoms with Gasteiger partial charge in [0, 0.05) is 10.2 Å². The molecule has 3 rings (SSSR count). The van der Waals surface area contributed by atoms with Crippen molar-refractivity contribution < 1.29 is 4.79 Å². The molecule has 3 heteroatoms. The SMILES string of the molecule is O=C1Nc2ccc(Br)cc2C12CCCCC2. The molecule has 0 saturated heterocycles. The molecule has 1 aromatic carbocycles. The van der Waals surface area contributed by atoms with Crippen LogP contribution in [-0.2, 0) is 10.2 Å². The molecule has 1 spiro atoms. The number of rotatable bonds is 0. The molecule has 0 aromatic heterocycles. The molecule has 0 radical (unpaired) electrons. The Balaban J connectivity index is 2.13. The summed E-state index contributed by atoms with van der Waals surface area (Å²) in [6.07, 6.45) is 5.60. The lowest BCUT2D eigenvalue weighted by molar-refractivity contribution is -0.121. The summed E-state index contributed by atoms with van der Waals surface area (Å²) in [5.41, 5.74) is 1.99. The van der Waals surface area contributed by atoms with Crippen molar-refractivity contribution in [3.05, 3.63) is 28.2 Å². The minimum Gasteiger partial charge on any atom is -0.325 e. The zero-order chi connectivity index (χ0) is 11.2. The van der Waals surface area contributed by atoms with Crippen LogP contribution in [0.3, 0.4) is 0 Å². The number of nitrogens with one attached hydrogen (secondary N) is 1. The van der Waals surface area contributed by atoms with Crippen LogP contribution in [0.25, 0.3) is 0 Å². The molecule has 16 heavy (non-hydrogen) atoms. The van der Waals surface area contributed by atoms with E-state index in [9.17, 15) is 4.79 Å². The molecule has 1 aliphatic carbocycles. The molecule has 1 saturated carbocycles. The largest absolute Gasteiger partial charge is 0.325 e. The molecule has 2 aliphatic rings. The molecule has 0 unspecified atom stereocenters. The van der Waals surface area contributed by atoms with E-state index in [0.29, 0.717) is 0 Å². The van der Waals surface area contributed by atoms with Crippen molar-refractivity contribution in [1.82, 2.24) is 0 Å². The first kappa shape index (κ1) is 10.3. The third kappa shape index (κ3) is 1.34. The Morgan fingerprint density at radius 3 is 2.69 bits per heavy atom. The third-order valence-corrected chi connectivity index (χ3v) is 4.38. The monoisotopic (exact) mass is 279 g/mol. The normalized spacial score (nSPS) is 21.9. The minimum atomic E-state index is -0.225. The van der Waals surface area contributed by atoms with Gasteiger partial charge in [-0.25, -0.2) is 0 Å². The number of carbonyl (C=O) groups excluding carboxylic acids is 1. The highest BCUT2D eigenvalue weighted by Crippen LogP contribution is 2.47. The van der Waals surface area contributed by atoms with Gasteiger partial charge in [0.1, 0.15) is 0 Å². The summed E-state index contributed by atoms with van der Waals surface area (Å²) in [5, 5.41) is 3.03. The Morgan fingerprint density at radius 1 is 1.19 bits per heavy atom. The summed E-state index contributed by atoms with van der Waals surface area (Å²) in [6, 6.07) is 6.10. The van der Waals surface area contributed by atoms with Gasteiger partial charge in [0.15, 0.2) is 0 Å². The van der Waals surface area contributed by atoms with Crippen LogP contribution in [0.5, 0.6) is 0 Å². The second-order valence-corrected chi connectivity index (χ2v) is 5.70. The number of hydrogen-bond donors (Lipinski definition) is 1. The second-order valence-electron chi connectivity index (χ2n) is 4.79. The fraction of sp³-hybridized carbons (Fsp3) is 0.462. The van der Waals surface area contributed by atoms with E-state index in [-0.39, 0.29) is 11.3 Å².